The lowest BCUT2D eigenvalue weighted by Crippen LogP contribution is -2.43. The number of anilines is 1. The first kappa shape index (κ1) is 19.6. The van der Waals surface area contributed by atoms with Crippen LogP contribution in [0.1, 0.15) is 44.6 Å². The van der Waals surface area contributed by atoms with Gasteiger partial charge in [0.2, 0.25) is 0 Å². The molecule has 2 amide bonds. The molecule has 4 nitrogen and oxygen atoms in total. The van der Waals surface area contributed by atoms with E-state index in [0.717, 1.165) is 44.2 Å². The average molecular weight is 377 g/mol. The van der Waals surface area contributed by atoms with Gasteiger partial charge in [0.1, 0.15) is 0 Å². The molecule has 2 rings (SSSR count). The zero-order valence-corrected chi connectivity index (χ0v) is 14.5. The summed E-state index contributed by atoms with van der Waals surface area (Å²) in [6.07, 6.45) is 0.0914. The molecule has 25 heavy (non-hydrogen) atoms. The first-order valence-electron chi connectivity index (χ1n) is 8.19. The van der Waals surface area contributed by atoms with Crippen molar-refractivity contribution in [3.05, 3.63) is 28.8 Å². The molecule has 0 unspecified atom stereocenters. The maximum absolute atomic E-state index is 12.7. The van der Waals surface area contributed by atoms with Crippen molar-refractivity contribution < 1.29 is 22.8 Å². The minimum Gasteiger partial charge on any atom is -0.345 e. The fourth-order valence-corrected chi connectivity index (χ4v) is 3.11. The molecule has 0 saturated heterocycles. The van der Waals surface area contributed by atoms with E-state index in [1.807, 2.05) is 0 Å². The lowest BCUT2D eigenvalue weighted by molar-refractivity contribution is -0.137. The average Bonchev–Trinajstić information content (AvgIpc) is 2.56. The van der Waals surface area contributed by atoms with Gasteiger partial charge in [-0.2, -0.15) is 13.2 Å². The summed E-state index contributed by atoms with van der Waals surface area (Å²) in [6.45, 7) is 2.12. The van der Waals surface area contributed by atoms with E-state index < -0.39 is 23.6 Å². The van der Waals surface area contributed by atoms with Crippen LogP contribution >= 0.6 is 11.6 Å². The molecule has 0 spiro atoms. The van der Waals surface area contributed by atoms with Crippen LogP contribution in [0, 0.1) is 5.92 Å². The number of halogens is 4. The molecule has 0 heterocycles. The lowest BCUT2D eigenvalue weighted by Gasteiger charge is -2.28. The number of amides is 2. The Bertz CT molecular complexity index is 641. The number of benzene rings is 1. The Kier molecular flexibility index (Phi) is 6.32. The minimum atomic E-state index is -4.57. The molecule has 1 fully saturated rings. The van der Waals surface area contributed by atoms with Crippen LogP contribution in [0.15, 0.2) is 18.2 Å². The number of hydrogen-bond donors (Lipinski definition) is 2. The van der Waals surface area contributed by atoms with Gasteiger partial charge in [-0.15, -0.1) is 0 Å². The van der Waals surface area contributed by atoms with Gasteiger partial charge in [0, 0.05) is 6.04 Å². The molecule has 1 aliphatic carbocycles. The van der Waals surface area contributed by atoms with Crippen LogP contribution < -0.4 is 10.6 Å². The van der Waals surface area contributed by atoms with Crippen LogP contribution in [-0.4, -0.2) is 17.9 Å². The van der Waals surface area contributed by atoms with E-state index in [1.54, 1.807) is 0 Å². The summed E-state index contributed by atoms with van der Waals surface area (Å²) < 4.78 is 38.2. The lowest BCUT2D eigenvalue weighted by atomic mass is 9.84. The third kappa shape index (κ3) is 5.36. The summed E-state index contributed by atoms with van der Waals surface area (Å²) in [6, 6.07) is 2.46. The predicted octanol–water partition coefficient (Wildman–Crippen LogP) is 4.38. The van der Waals surface area contributed by atoms with Crippen molar-refractivity contribution in [2.75, 3.05) is 5.32 Å². The third-order valence-corrected chi connectivity index (χ3v) is 4.84. The van der Waals surface area contributed by atoms with Gasteiger partial charge in [0.15, 0.2) is 0 Å². The molecule has 1 aliphatic rings. The first-order valence-corrected chi connectivity index (χ1v) is 8.57. The monoisotopic (exact) mass is 376 g/mol. The fourth-order valence-electron chi connectivity index (χ4n) is 2.94. The van der Waals surface area contributed by atoms with Gasteiger partial charge in [-0.25, -0.2) is 0 Å². The molecule has 2 N–H and O–H groups in total. The van der Waals surface area contributed by atoms with Gasteiger partial charge in [-0.1, -0.05) is 24.9 Å². The molecule has 1 aromatic carbocycles. The number of hydrogen-bond acceptors (Lipinski definition) is 2. The highest BCUT2D eigenvalue weighted by molar-refractivity contribution is 6.41. The Balaban J connectivity index is 1.96. The Labute approximate surface area is 149 Å². The summed E-state index contributed by atoms with van der Waals surface area (Å²) in [5.41, 5.74) is -1.20. The van der Waals surface area contributed by atoms with Crippen molar-refractivity contribution in [3.63, 3.8) is 0 Å². The van der Waals surface area contributed by atoms with E-state index in [-0.39, 0.29) is 16.8 Å². The van der Waals surface area contributed by atoms with Crippen molar-refractivity contribution in [2.24, 2.45) is 5.92 Å². The van der Waals surface area contributed by atoms with Crippen LogP contribution in [0.25, 0.3) is 0 Å². The Morgan fingerprint density at radius 1 is 1.16 bits per heavy atom. The van der Waals surface area contributed by atoms with E-state index in [1.165, 1.54) is 0 Å². The van der Waals surface area contributed by atoms with Gasteiger partial charge in [0.25, 0.3) is 0 Å². The maximum Gasteiger partial charge on any atom is 0.416 e. The van der Waals surface area contributed by atoms with E-state index >= 15 is 0 Å². The molecule has 0 radical (unpaired) electrons. The molecule has 138 valence electrons. The number of alkyl halides is 3. The Hall–Kier alpha value is -1.76. The van der Waals surface area contributed by atoms with Crippen LogP contribution in [0.3, 0.4) is 0 Å². The minimum absolute atomic E-state index is 0.0717. The number of carbonyl (C=O) groups is 2. The van der Waals surface area contributed by atoms with Crippen LogP contribution in [0.2, 0.25) is 5.02 Å². The van der Waals surface area contributed by atoms with Gasteiger partial charge in [-0.05, 0) is 49.8 Å². The highest BCUT2D eigenvalue weighted by Gasteiger charge is 2.31. The zero-order chi connectivity index (χ0) is 18.6. The highest BCUT2D eigenvalue weighted by Crippen LogP contribution is 2.33. The second-order valence-corrected chi connectivity index (χ2v) is 6.65. The number of rotatable bonds is 3. The van der Waals surface area contributed by atoms with Gasteiger partial charge >= 0.3 is 18.0 Å². The topological polar surface area (TPSA) is 58.2 Å². The van der Waals surface area contributed by atoms with Crippen molar-refractivity contribution in [1.29, 1.82) is 0 Å². The molecular weight excluding hydrogens is 357 g/mol. The molecule has 0 bridgehead atoms. The SMILES string of the molecule is CCC1CCC(NC(=O)C(=O)Nc2cc(C(F)(F)F)ccc2Cl)CC1. The standard InChI is InChI=1S/C17H20ClF3N2O2/c1-2-10-3-6-12(7-4-10)22-15(24)16(25)23-14-9-11(17(19,20)21)5-8-13(14)18/h5,8-10,12H,2-4,6-7H2,1H3,(H,22,24)(H,23,25). The summed E-state index contributed by atoms with van der Waals surface area (Å²) in [7, 11) is 0. The summed E-state index contributed by atoms with van der Waals surface area (Å²) in [5, 5.41) is 4.71. The number of carbonyl (C=O) groups excluding carboxylic acids is 2. The largest absolute Gasteiger partial charge is 0.416 e. The van der Waals surface area contributed by atoms with E-state index in [0.29, 0.717) is 12.0 Å². The molecule has 1 saturated carbocycles. The van der Waals surface area contributed by atoms with Gasteiger partial charge < -0.3 is 10.6 Å². The third-order valence-electron chi connectivity index (χ3n) is 4.51. The zero-order valence-electron chi connectivity index (χ0n) is 13.8. The van der Waals surface area contributed by atoms with Crippen molar-refractivity contribution in [1.82, 2.24) is 5.32 Å². The molecule has 1 aromatic rings. The molecule has 0 atom stereocenters. The maximum atomic E-state index is 12.7. The second kappa shape index (κ2) is 8.08. The normalized spacial score (nSPS) is 20.8. The van der Waals surface area contributed by atoms with Crippen LogP contribution in [0.4, 0.5) is 18.9 Å². The first-order chi connectivity index (χ1) is 11.7. The molecule has 0 aliphatic heterocycles. The van der Waals surface area contributed by atoms with Crippen molar-refractivity contribution >= 4 is 29.1 Å². The van der Waals surface area contributed by atoms with E-state index in [2.05, 4.69) is 17.6 Å². The number of nitrogens with one attached hydrogen (secondary N) is 2. The van der Waals surface area contributed by atoms with Gasteiger partial charge in [0.05, 0.1) is 16.3 Å². The summed E-state index contributed by atoms with van der Waals surface area (Å²) in [4.78, 5) is 23.9. The van der Waals surface area contributed by atoms with E-state index in [9.17, 15) is 22.8 Å². The van der Waals surface area contributed by atoms with Crippen LogP contribution in [-0.2, 0) is 15.8 Å². The van der Waals surface area contributed by atoms with Crippen molar-refractivity contribution in [3.8, 4) is 0 Å². The molecule has 8 heteroatoms. The highest BCUT2D eigenvalue weighted by atomic mass is 35.5. The second-order valence-electron chi connectivity index (χ2n) is 6.25. The smallest absolute Gasteiger partial charge is 0.345 e. The fraction of sp³-hybridized carbons (Fsp3) is 0.529. The quantitative estimate of drug-likeness (QED) is 0.769. The van der Waals surface area contributed by atoms with Gasteiger partial charge in [-0.3, -0.25) is 9.59 Å². The predicted molar refractivity (Wildman–Crippen MR) is 89.3 cm³/mol. The van der Waals surface area contributed by atoms with Crippen LogP contribution in [0.5, 0.6) is 0 Å². The Morgan fingerprint density at radius 3 is 2.36 bits per heavy atom. The molecular formula is C17H20ClF3N2O2. The Morgan fingerprint density at radius 2 is 1.80 bits per heavy atom. The summed E-state index contributed by atoms with van der Waals surface area (Å²) in [5.74, 6) is -1.25. The van der Waals surface area contributed by atoms with E-state index in [4.69, 9.17) is 11.6 Å². The van der Waals surface area contributed by atoms with Crippen molar-refractivity contribution in [2.45, 2.75) is 51.2 Å². The molecule has 0 aromatic heterocycles. The summed E-state index contributed by atoms with van der Waals surface area (Å²) >= 11 is 5.81.